The molecule has 4 rings (SSSR count). The number of ketones is 1. The maximum absolute atomic E-state index is 12.3. The minimum absolute atomic E-state index is 0.00532. The Bertz CT molecular complexity index is 621. The van der Waals surface area contributed by atoms with Crippen LogP contribution in [0.15, 0.2) is 24.3 Å². The normalized spacial score (nSPS) is 29.7. The Labute approximate surface area is 122 Å². The Kier molecular flexibility index (Phi) is 3.27. The highest BCUT2D eigenvalue weighted by atomic mass is 16.5. The van der Waals surface area contributed by atoms with E-state index in [-0.39, 0.29) is 18.1 Å². The van der Waals surface area contributed by atoms with Crippen LogP contribution in [-0.4, -0.2) is 31.9 Å². The Morgan fingerprint density at radius 2 is 1.57 bits per heavy atom. The second-order valence-corrected chi connectivity index (χ2v) is 5.48. The van der Waals surface area contributed by atoms with E-state index in [4.69, 9.17) is 9.47 Å². The number of rotatable bonds is 2. The average Bonchev–Trinajstić information content (AvgIpc) is 2.52. The number of benzene rings is 1. The molecule has 0 unspecified atom stereocenters. The summed E-state index contributed by atoms with van der Waals surface area (Å²) in [7, 11) is 2.57. The summed E-state index contributed by atoms with van der Waals surface area (Å²) in [5, 5.41) is 0. The van der Waals surface area contributed by atoms with Gasteiger partial charge in [-0.3, -0.25) is 14.4 Å². The van der Waals surface area contributed by atoms with Crippen molar-refractivity contribution >= 4 is 17.7 Å². The van der Waals surface area contributed by atoms with Crippen LogP contribution in [0.25, 0.3) is 0 Å². The van der Waals surface area contributed by atoms with Crippen molar-refractivity contribution in [1.29, 1.82) is 0 Å². The zero-order valence-electron chi connectivity index (χ0n) is 11.9. The van der Waals surface area contributed by atoms with Gasteiger partial charge in [0.2, 0.25) is 0 Å². The molecule has 1 saturated carbocycles. The summed E-state index contributed by atoms with van der Waals surface area (Å²) in [5.41, 5.74) is 1.81. The van der Waals surface area contributed by atoms with Crippen molar-refractivity contribution < 1.29 is 23.9 Å². The third-order valence-electron chi connectivity index (χ3n) is 4.62. The number of fused-ring (bicyclic) bond motifs is 2. The summed E-state index contributed by atoms with van der Waals surface area (Å²) in [6.45, 7) is 0. The van der Waals surface area contributed by atoms with Gasteiger partial charge in [0, 0.05) is 12.3 Å². The van der Waals surface area contributed by atoms with Crippen LogP contribution in [0.1, 0.15) is 29.4 Å². The van der Waals surface area contributed by atoms with Gasteiger partial charge in [-0.15, -0.1) is 0 Å². The van der Waals surface area contributed by atoms with E-state index < -0.39 is 29.7 Å². The van der Waals surface area contributed by atoms with Crippen LogP contribution in [-0.2, 0) is 23.9 Å². The predicted octanol–water partition coefficient (Wildman–Crippen LogP) is 1.42. The predicted molar refractivity (Wildman–Crippen MR) is 72.6 cm³/mol. The van der Waals surface area contributed by atoms with Crippen molar-refractivity contribution in [3.8, 4) is 0 Å². The van der Waals surface area contributed by atoms with Crippen LogP contribution in [0, 0.1) is 11.8 Å². The molecule has 4 atom stereocenters. The Morgan fingerprint density at radius 3 is 2.19 bits per heavy atom. The van der Waals surface area contributed by atoms with Gasteiger partial charge in [-0.05, 0) is 11.1 Å². The summed E-state index contributed by atoms with van der Waals surface area (Å²) in [6.07, 6.45) is 0.273. The molecule has 5 nitrogen and oxygen atoms in total. The van der Waals surface area contributed by atoms with Gasteiger partial charge in [-0.1, -0.05) is 24.3 Å². The van der Waals surface area contributed by atoms with Crippen molar-refractivity contribution in [3.05, 3.63) is 35.4 Å². The fourth-order valence-corrected chi connectivity index (χ4v) is 3.80. The highest BCUT2D eigenvalue weighted by molar-refractivity contribution is 5.99. The Morgan fingerprint density at radius 1 is 1.00 bits per heavy atom. The zero-order valence-corrected chi connectivity index (χ0v) is 11.9. The van der Waals surface area contributed by atoms with Crippen LogP contribution in [0.5, 0.6) is 0 Å². The van der Waals surface area contributed by atoms with Crippen LogP contribution in [0.2, 0.25) is 0 Å². The molecular weight excluding hydrogens is 272 g/mol. The van der Waals surface area contributed by atoms with Crippen molar-refractivity contribution in [3.63, 3.8) is 0 Å². The number of carbonyl (C=O) groups excluding carboxylic acids is 3. The molecule has 3 aliphatic carbocycles. The molecule has 1 aromatic carbocycles. The molecular formula is C16H16O5. The fraction of sp³-hybridized carbons (Fsp3) is 0.438. The first-order valence-electron chi connectivity index (χ1n) is 6.87. The second kappa shape index (κ2) is 4.98. The fourth-order valence-electron chi connectivity index (χ4n) is 3.80. The van der Waals surface area contributed by atoms with E-state index in [1.807, 2.05) is 24.3 Å². The molecule has 2 bridgehead atoms. The lowest BCUT2D eigenvalue weighted by Gasteiger charge is -2.45. The molecule has 0 amide bonds. The summed E-state index contributed by atoms with van der Waals surface area (Å²) in [5.74, 6) is -3.35. The highest BCUT2D eigenvalue weighted by Gasteiger charge is 2.57. The van der Waals surface area contributed by atoms with Crippen LogP contribution < -0.4 is 0 Å². The smallest absolute Gasteiger partial charge is 0.310 e. The largest absolute Gasteiger partial charge is 0.469 e. The standard InChI is InChI=1S/C16H16O5/c1-20-15(18)13-10-7-11(17)12(14(13)16(19)21-2)9-6-4-3-5-8(9)10/h3-6,10,12-14H,7H2,1-2H3/t10-,12+,13-,14-/m0/s1. The molecule has 0 saturated heterocycles. The van der Waals surface area contributed by atoms with Gasteiger partial charge in [-0.2, -0.15) is 0 Å². The lowest BCUT2D eigenvalue weighted by Crippen LogP contribution is -2.50. The van der Waals surface area contributed by atoms with Gasteiger partial charge >= 0.3 is 11.9 Å². The summed E-state index contributed by atoms with van der Waals surface area (Å²) >= 11 is 0. The minimum atomic E-state index is -0.788. The minimum Gasteiger partial charge on any atom is -0.469 e. The number of ether oxygens (including phenoxy) is 2. The van der Waals surface area contributed by atoms with E-state index in [0.29, 0.717) is 0 Å². The molecule has 0 radical (unpaired) electrons. The molecule has 1 aromatic rings. The van der Waals surface area contributed by atoms with Gasteiger partial charge < -0.3 is 9.47 Å². The van der Waals surface area contributed by atoms with Gasteiger partial charge in [0.25, 0.3) is 0 Å². The molecule has 110 valence electrons. The third kappa shape index (κ3) is 1.87. The first-order chi connectivity index (χ1) is 10.1. The van der Waals surface area contributed by atoms with E-state index >= 15 is 0 Å². The molecule has 0 aromatic heterocycles. The molecule has 0 aliphatic heterocycles. The second-order valence-electron chi connectivity index (χ2n) is 5.48. The Balaban J connectivity index is 2.17. The van der Waals surface area contributed by atoms with Gasteiger partial charge in [0.15, 0.2) is 0 Å². The monoisotopic (exact) mass is 288 g/mol. The summed E-state index contributed by atoms with van der Waals surface area (Å²) in [6, 6.07) is 7.50. The molecule has 0 spiro atoms. The maximum Gasteiger partial charge on any atom is 0.310 e. The number of hydrogen-bond acceptors (Lipinski definition) is 5. The van der Waals surface area contributed by atoms with Crippen LogP contribution in [0.3, 0.4) is 0 Å². The highest BCUT2D eigenvalue weighted by Crippen LogP contribution is 2.54. The average molecular weight is 288 g/mol. The first kappa shape index (κ1) is 13.8. The van der Waals surface area contributed by atoms with Crippen molar-refractivity contribution in [1.82, 2.24) is 0 Å². The summed E-state index contributed by atoms with van der Waals surface area (Å²) in [4.78, 5) is 36.7. The van der Waals surface area contributed by atoms with Crippen molar-refractivity contribution in [2.45, 2.75) is 18.3 Å². The molecule has 1 fully saturated rings. The first-order valence-corrected chi connectivity index (χ1v) is 6.87. The molecule has 0 heterocycles. The van der Waals surface area contributed by atoms with Crippen molar-refractivity contribution in [2.75, 3.05) is 14.2 Å². The topological polar surface area (TPSA) is 69.7 Å². The molecule has 21 heavy (non-hydrogen) atoms. The van der Waals surface area contributed by atoms with Gasteiger partial charge in [-0.25, -0.2) is 0 Å². The quantitative estimate of drug-likeness (QED) is 0.770. The number of esters is 2. The number of carbonyl (C=O) groups is 3. The van der Waals surface area contributed by atoms with Gasteiger partial charge in [0.05, 0.1) is 32.0 Å². The van der Waals surface area contributed by atoms with E-state index in [2.05, 4.69) is 0 Å². The van der Waals surface area contributed by atoms with Crippen LogP contribution in [0.4, 0.5) is 0 Å². The molecule has 3 aliphatic rings. The maximum atomic E-state index is 12.3. The van der Waals surface area contributed by atoms with E-state index in [1.54, 1.807) is 0 Å². The summed E-state index contributed by atoms with van der Waals surface area (Å²) < 4.78 is 9.69. The van der Waals surface area contributed by atoms with E-state index in [1.165, 1.54) is 14.2 Å². The zero-order chi connectivity index (χ0) is 15.1. The third-order valence-corrected chi connectivity index (χ3v) is 4.62. The number of methoxy groups -OCH3 is 2. The van der Waals surface area contributed by atoms with Crippen molar-refractivity contribution in [2.24, 2.45) is 11.8 Å². The molecule has 0 N–H and O–H groups in total. The SMILES string of the molecule is COC(=O)[C@@H]1[C@@H](C(=O)OC)[C@H]2C(=O)C[C@H]1c1ccccc12. The lowest BCUT2D eigenvalue weighted by atomic mass is 9.55. The Hall–Kier alpha value is -2.17. The number of hydrogen-bond donors (Lipinski definition) is 0. The number of Topliss-reactive ketones (excluding diaryl/α,β-unsaturated/α-hetero) is 1. The van der Waals surface area contributed by atoms with E-state index in [9.17, 15) is 14.4 Å². The van der Waals surface area contributed by atoms with Crippen LogP contribution >= 0.6 is 0 Å². The lowest BCUT2D eigenvalue weighted by molar-refractivity contribution is -0.164. The van der Waals surface area contributed by atoms with E-state index in [0.717, 1.165) is 11.1 Å². The van der Waals surface area contributed by atoms with Gasteiger partial charge in [0.1, 0.15) is 5.78 Å². The molecule has 5 heteroatoms.